The van der Waals surface area contributed by atoms with Crippen molar-refractivity contribution in [1.29, 1.82) is 0 Å². The summed E-state index contributed by atoms with van der Waals surface area (Å²) < 4.78 is 3.08. The molecular formula is C11H11N7OS. The van der Waals surface area contributed by atoms with Gasteiger partial charge in [0.05, 0.1) is 11.4 Å². The van der Waals surface area contributed by atoms with Crippen molar-refractivity contribution in [2.45, 2.75) is 6.92 Å². The molecule has 0 radical (unpaired) electrons. The molecule has 0 saturated carbocycles. The van der Waals surface area contributed by atoms with Gasteiger partial charge in [0.1, 0.15) is 17.0 Å². The minimum Gasteiger partial charge on any atom is -0.306 e. The van der Waals surface area contributed by atoms with Crippen LogP contribution >= 0.6 is 11.3 Å². The zero-order chi connectivity index (χ0) is 14.1. The first-order chi connectivity index (χ1) is 9.65. The van der Waals surface area contributed by atoms with Gasteiger partial charge in [0.25, 0.3) is 5.91 Å². The van der Waals surface area contributed by atoms with Crippen LogP contribution in [0, 0.1) is 6.92 Å². The predicted molar refractivity (Wildman–Crippen MR) is 72.9 cm³/mol. The van der Waals surface area contributed by atoms with Crippen LogP contribution in [0.25, 0.3) is 5.69 Å². The maximum Gasteiger partial charge on any atom is 0.269 e. The molecule has 3 aromatic rings. The van der Waals surface area contributed by atoms with E-state index in [1.165, 1.54) is 22.3 Å². The van der Waals surface area contributed by atoms with Crippen LogP contribution in [0.3, 0.4) is 0 Å². The van der Waals surface area contributed by atoms with Crippen LogP contribution in [0.2, 0.25) is 0 Å². The molecule has 20 heavy (non-hydrogen) atoms. The van der Waals surface area contributed by atoms with Gasteiger partial charge in [-0.3, -0.25) is 9.48 Å². The van der Waals surface area contributed by atoms with Crippen molar-refractivity contribution in [2.75, 3.05) is 5.32 Å². The summed E-state index contributed by atoms with van der Waals surface area (Å²) in [6.45, 7) is 1.87. The number of rotatable bonds is 3. The Labute approximate surface area is 118 Å². The summed E-state index contributed by atoms with van der Waals surface area (Å²) in [4.78, 5) is 12.9. The molecule has 0 saturated heterocycles. The van der Waals surface area contributed by atoms with E-state index in [2.05, 4.69) is 25.9 Å². The Kier molecular flexibility index (Phi) is 3.03. The van der Waals surface area contributed by atoms with E-state index < -0.39 is 0 Å². The summed E-state index contributed by atoms with van der Waals surface area (Å²) in [5.41, 5.74) is 1.49. The van der Waals surface area contributed by atoms with Gasteiger partial charge in [-0.25, -0.2) is 0 Å². The number of aromatic nitrogens is 6. The van der Waals surface area contributed by atoms with Gasteiger partial charge in [0.2, 0.25) is 0 Å². The molecule has 0 aliphatic carbocycles. The maximum atomic E-state index is 12.3. The first-order valence-electron chi connectivity index (χ1n) is 5.78. The van der Waals surface area contributed by atoms with Crippen LogP contribution in [-0.2, 0) is 7.05 Å². The monoisotopic (exact) mass is 289 g/mol. The molecule has 0 bridgehead atoms. The number of hydrogen-bond acceptors (Lipinski definition) is 6. The van der Waals surface area contributed by atoms with E-state index in [0.29, 0.717) is 16.4 Å². The minimum atomic E-state index is -0.214. The minimum absolute atomic E-state index is 0.214. The number of hydrogen-bond donors (Lipinski definition) is 1. The average Bonchev–Trinajstić information content (AvgIpc) is 3.11. The summed E-state index contributed by atoms with van der Waals surface area (Å²) in [5, 5.41) is 19.8. The Morgan fingerprint density at radius 3 is 2.95 bits per heavy atom. The third-order valence-electron chi connectivity index (χ3n) is 2.69. The van der Waals surface area contributed by atoms with Gasteiger partial charge >= 0.3 is 0 Å². The van der Waals surface area contributed by atoms with Crippen molar-refractivity contribution in [2.24, 2.45) is 7.05 Å². The van der Waals surface area contributed by atoms with E-state index in [1.807, 2.05) is 18.4 Å². The van der Waals surface area contributed by atoms with E-state index in [9.17, 15) is 4.79 Å². The van der Waals surface area contributed by atoms with Crippen molar-refractivity contribution < 1.29 is 4.79 Å². The van der Waals surface area contributed by atoms with E-state index in [1.54, 1.807) is 17.8 Å². The van der Waals surface area contributed by atoms with Crippen LogP contribution in [-0.4, -0.2) is 35.9 Å². The van der Waals surface area contributed by atoms with Gasteiger partial charge in [-0.15, -0.1) is 16.4 Å². The van der Waals surface area contributed by atoms with Crippen LogP contribution in [0.15, 0.2) is 23.8 Å². The summed E-state index contributed by atoms with van der Waals surface area (Å²) in [5.74, 6) is 0.428. The zero-order valence-corrected chi connectivity index (χ0v) is 11.6. The number of nitrogens with zero attached hydrogens (tertiary/aromatic N) is 6. The second-order valence-corrected chi connectivity index (χ2v) is 5.05. The first kappa shape index (κ1) is 12.5. The molecule has 3 aromatic heterocycles. The van der Waals surface area contributed by atoms with E-state index in [4.69, 9.17) is 0 Å². The molecule has 1 N–H and O–H groups in total. The molecule has 3 heterocycles. The van der Waals surface area contributed by atoms with Crippen LogP contribution in [0.1, 0.15) is 15.4 Å². The molecule has 3 rings (SSSR count). The highest BCUT2D eigenvalue weighted by Gasteiger charge is 2.17. The number of carbonyl (C=O) groups excluding carboxylic acids is 1. The van der Waals surface area contributed by atoms with Crippen LogP contribution < -0.4 is 5.32 Å². The molecule has 1 amide bonds. The standard InChI is InChI=1S/C11H11N7OS/c1-7-5-9(17(2)14-7)13-11(19)10-8(3-4-20-10)18-6-12-15-16-18/h3-6H,1-2H3,(H,13,19). The van der Waals surface area contributed by atoms with Gasteiger partial charge in [0.15, 0.2) is 0 Å². The molecule has 0 fully saturated rings. The van der Waals surface area contributed by atoms with Gasteiger partial charge < -0.3 is 5.32 Å². The van der Waals surface area contributed by atoms with Crippen molar-refractivity contribution in [1.82, 2.24) is 30.0 Å². The molecule has 9 heteroatoms. The topological polar surface area (TPSA) is 90.5 Å². The molecular weight excluding hydrogens is 278 g/mol. The number of tetrazole rings is 1. The Morgan fingerprint density at radius 1 is 1.45 bits per heavy atom. The first-order valence-corrected chi connectivity index (χ1v) is 6.66. The second kappa shape index (κ2) is 4.85. The highest BCUT2D eigenvalue weighted by atomic mass is 32.1. The lowest BCUT2D eigenvalue weighted by molar-refractivity contribution is 0.102. The highest BCUT2D eigenvalue weighted by Crippen LogP contribution is 2.21. The molecule has 0 aliphatic rings. The molecule has 0 aromatic carbocycles. The molecule has 8 nitrogen and oxygen atoms in total. The maximum absolute atomic E-state index is 12.3. The number of anilines is 1. The predicted octanol–water partition coefficient (Wildman–Crippen LogP) is 1.02. The molecule has 102 valence electrons. The zero-order valence-electron chi connectivity index (χ0n) is 10.8. The number of thiophene rings is 1. The normalized spacial score (nSPS) is 10.7. The van der Waals surface area contributed by atoms with E-state index in [-0.39, 0.29) is 5.91 Å². The Hall–Kier alpha value is -2.55. The Morgan fingerprint density at radius 2 is 2.30 bits per heavy atom. The van der Waals surface area contributed by atoms with Crippen molar-refractivity contribution in [3.05, 3.63) is 34.4 Å². The fourth-order valence-corrected chi connectivity index (χ4v) is 2.60. The summed E-state index contributed by atoms with van der Waals surface area (Å²) in [6, 6.07) is 3.60. The van der Waals surface area contributed by atoms with Crippen molar-refractivity contribution in [3.63, 3.8) is 0 Å². The number of carbonyl (C=O) groups is 1. The largest absolute Gasteiger partial charge is 0.306 e. The van der Waals surface area contributed by atoms with E-state index in [0.717, 1.165) is 5.69 Å². The highest BCUT2D eigenvalue weighted by molar-refractivity contribution is 7.12. The fraction of sp³-hybridized carbons (Fsp3) is 0.182. The van der Waals surface area contributed by atoms with Gasteiger partial charge in [-0.05, 0) is 28.8 Å². The summed E-state index contributed by atoms with van der Waals surface area (Å²) in [6.07, 6.45) is 1.45. The lowest BCUT2D eigenvalue weighted by atomic mass is 10.3. The fourth-order valence-electron chi connectivity index (χ4n) is 1.83. The SMILES string of the molecule is Cc1cc(NC(=O)c2sccc2-n2cnnn2)n(C)n1. The Balaban J connectivity index is 1.89. The third-order valence-corrected chi connectivity index (χ3v) is 3.59. The number of nitrogens with one attached hydrogen (secondary N) is 1. The molecule has 0 aliphatic heterocycles. The van der Waals surface area contributed by atoms with Crippen molar-refractivity contribution in [3.8, 4) is 5.69 Å². The van der Waals surface area contributed by atoms with Gasteiger partial charge in [-0.1, -0.05) is 0 Å². The van der Waals surface area contributed by atoms with Crippen LogP contribution in [0.4, 0.5) is 5.82 Å². The number of aryl methyl sites for hydroxylation is 2. The molecule has 0 atom stereocenters. The second-order valence-electron chi connectivity index (χ2n) is 4.14. The lowest BCUT2D eigenvalue weighted by Crippen LogP contribution is -2.15. The smallest absolute Gasteiger partial charge is 0.269 e. The Bertz CT molecular complexity index is 743. The number of amides is 1. The molecule has 0 unspecified atom stereocenters. The third kappa shape index (κ3) is 2.18. The van der Waals surface area contributed by atoms with E-state index >= 15 is 0 Å². The quantitative estimate of drug-likeness (QED) is 0.777. The average molecular weight is 289 g/mol. The molecule has 0 spiro atoms. The van der Waals surface area contributed by atoms with Crippen LogP contribution in [0.5, 0.6) is 0 Å². The lowest BCUT2D eigenvalue weighted by Gasteiger charge is -2.05. The van der Waals surface area contributed by atoms with Gasteiger partial charge in [0, 0.05) is 13.1 Å². The summed E-state index contributed by atoms with van der Waals surface area (Å²) >= 11 is 1.33. The van der Waals surface area contributed by atoms with Gasteiger partial charge in [-0.2, -0.15) is 9.78 Å². The van der Waals surface area contributed by atoms with Crippen molar-refractivity contribution >= 4 is 23.1 Å². The summed E-state index contributed by atoms with van der Waals surface area (Å²) in [7, 11) is 1.78.